The number of sulfonamides is 3. The standard InChI is InChI=1S/C28H31N3O5S.C24H24FN3O5S.C21H25FN2O7S/c1-3-36-23-13-15-24(16-14-23)37(34,35)30(22-11-9-20(2)10-12-22)19-27(32)31-25(17-18-26(31)28(29)33)21-7-5-4-6-8-21;1-2-33-20-12-14-21(15-13-20)34(31,32)28(19-10-8-18(25)9-11-19)16-22(29)27-23(24(26)30)17-6-4-3-5-7-17;1-13(2)20(21(26)27)23-19(25)12-24(15-7-5-14(22)6-8-15)32(28,29)16-9-10-17(30-3)18(11-16)31-4/h4-16,25-26H,3,17-19H2,1-2H3,(H2,29,33);3-15,23H,2,16H2,1H3,(H2,26,30)(H,27,29);5-11,13,20H,12H2,1-4H3,(H,23,25)(H,26,27)/t;;20-/m..0/s1. The van der Waals surface area contributed by atoms with Crippen LogP contribution >= 0.6 is 0 Å². The maximum absolute atomic E-state index is 13.8. The molecular weight excluding hydrogens is 1400 g/mol. The van der Waals surface area contributed by atoms with E-state index in [4.69, 9.17) is 30.4 Å². The summed E-state index contributed by atoms with van der Waals surface area (Å²) >= 11 is 0. The highest BCUT2D eigenvalue weighted by molar-refractivity contribution is 7.93. The van der Waals surface area contributed by atoms with E-state index in [-0.39, 0.29) is 37.9 Å². The van der Waals surface area contributed by atoms with Gasteiger partial charge in [-0.2, -0.15) is 0 Å². The summed E-state index contributed by atoms with van der Waals surface area (Å²) in [7, 11) is -9.95. The number of nitrogens with zero attached hydrogens (tertiary/aromatic N) is 4. The van der Waals surface area contributed by atoms with Crippen molar-refractivity contribution in [1.29, 1.82) is 0 Å². The number of likely N-dealkylation sites (tertiary alicyclic amines) is 1. The van der Waals surface area contributed by atoms with Gasteiger partial charge in [-0.15, -0.1) is 0 Å². The predicted molar refractivity (Wildman–Crippen MR) is 382 cm³/mol. The van der Waals surface area contributed by atoms with E-state index in [0.717, 1.165) is 48.3 Å². The molecule has 4 atom stereocenters. The van der Waals surface area contributed by atoms with E-state index in [1.807, 2.05) is 44.2 Å². The number of benzene rings is 8. The first-order valence-electron chi connectivity index (χ1n) is 32.1. The minimum Gasteiger partial charge on any atom is -0.494 e. The summed E-state index contributed by atoms with van der Waals surface area (Å²) in [6, 6.07) is 46.0. The molecule has 8 aromatic rings. The Labute approximate surface area is 597 Å². The second-order valence-electron chi connectivity index (χ2n) is 23.3. The number of aryl methyl sites for hydroxylation is 1. The largest absolute Gasteiger partial charge is 0.494 e. The van der Waals surface area contributed by atoms with Gasteiger partial charge in [-0.25, -0.2) is 38.8 Å². The van der Waals surface area contributed by atoms with Crippen LogP contribution in [0.25, 0.3) is 0 Å². The molecule has 103 heavy (non-hydrogen) atoms. The van der Waals surface area contributed by atoms with Gasteiger partial charge in [0.1, 0.15) is 60.9 Å². The van der Waals surface area contributed by atoms with Gasteiger partial charge < -0.3 is 51.1 Å². The van der Waals surface area contributed by atoms with E-state index in [9.17, 15) is 67.9 Å². The van der Waals surface area contributed by atoms with Crippen molar-refractivity contribution in [2.45, 2.75) is 86.3 Å². The van der Waals surface area contributed by atoms with Crippen molar-refractivity contribution < 1.29 is 86.9 Å². The molecule has 0 spiro atoms. The van der Waals surface area contributed by atoms with E-state index in [2.05, 4.69) is 10.6 Å². The van der Waals surface area contributed by atoms with Crippen LogP contribution in [0.15, 0.2) is 215 Å². The maximum atomic E-state index is 13.8. The fourth-order valence-electron chi connectivity index (χ4n) is 10.8. The molecule has 3 unspecified atom stereocenters. The van der Waals surface area contributed by atoms with E-state index in [0.29, 0.717) is 54.6 Å². The zero-order valence-corrected chi connectivity index (χ0v) is 59.7. The third-order valence-corrected chi connectivity index (χ3v) is 21.3. The van der Waals surface area contributed by atoms with Gasteiger partial charge in [-0.1, -0.05) is 92.2 Å². The monoisotopic (exact) mass is 1470 g/mol. The van der Waals surface area contributed by atoms with Gasteiger partial charge in [0.25, 0.3) is 30.1 Å². The number of nitrogens with one attached hydrogen (secondary N) is 2. The molecule has 0 aliphatic carbocycles. The third kappa shape index (κ3) is 20.6. The molecule has 1 aliphatic heterocycles. The van der Waals surface area contributed by atoms with Crippen LogP contribution in [0.1, 0.15) is 69.3 Å². The van der Waals surface area contributed by atoms with Crippen LogP contribution in [-0.4, -0.2) is 130 Å². The number of aliphatic carboxylic acids is 1. The lowest BCUT2D eigenvalue weighted by Gasteiger charge is -2.32. The Morgan fingerprint density at radius 2 is 0.961 bits per heavy atom. The van der Waals surface area contributed by atoms with E-state index >= 15 is 0 Å². The Morgan fingerprint density at radius 3 is 1.38 bits per heavy atom. The number of carbonyl (C=O) groups excluding carboxylic acids is 5. The number of carbonyl (C=O) groups is 6. The molecule has 9 rings (SSSR count). The number of nitrogens with two attached hydrogens (primary N) is 2. The van der Waals surface area contributed by atoms with Crippen molar-refractivity contribution in [3.8, 4) is 23.0 Å². The first-order valence-corrected chi connectivity index (χ1v) is 36.4. The lowest BCUT2D eigenvalue weighted by Crippen LogP contribution is -2.49. The summed E-state index contributed by atoms with van der Waals surface area (Å²) < 4.78 is 132. The van der Waals surface area contributed by atoms with Crippen LogP contribution in [0.5, 0.6) is 23.0 Å². The SMILES string of the molecule is CCOc1ccc(S(=O)(=O)N(CC(=O)N2C(C(N)=O)CCC2c2ccccc2)c2ccc(C)cc2)cc1.CCOc1ccc(S(=O)(=O)N(CC(=O)NC(C(N)=O)c2ccccc2)c2ccc(F)cc2)cc1.COc1ccc(S(=O)(=O)N(CC(=O)N[C@H](C(=O)O)C(C)C)c2ccc(F)cc2)cc1OC. The van der Waals surface area contributed by atoms with Crippen LogP contribution in [0, 0.1) is 24.5 Å². The molecule has 1 fully saturated rings. The van der Waals surface area contributed by atoms with Crippen LogP contribution in [0.4, 0.5) is 25.8 Å². The number of halogens is 2. The van der Waals surface area contributed by atoms with Crippen molar-refractivity contribution in [1.82, 2.24) is 15.5 Å². The van der Waals surface area contributed by atoms with Gasteiger partial charge in [0.15, 0.2) is 11.5 Å². The Bertz CT molecular complexity index is 4570. The van der Waals surface area contributed by atoms with Crippen molar-refractivity contribution in [2.75, 3.05) is 60.0 Å². The Balaban J connectivity index is 0.000000217. The zero-order valence-electron chi connectivity index (χ0n) is 57.3. The lowest BCUT2D eigenvalue weighted by molar-refractivity contribution is -0.142. The van der Waals surface area contributed by atoms with Gasteiger partial charge in [0.2, 0.25) is 29.5 Å². The number of anilines is 3. The summed E-state index contributed by atoms with van der Waals surface area (Å²) in [5.74, 6) is -4.85. The number of methoxy groups -OCH3 is 2. The number of rotatable bonds is 29. The summed E-state index contributed by atoms with van der Waals surface area (Å²) in [5, 5.41) is 14.1. The average molecular weight is 1480 g/mol. The van der Waals surface area contributed by atoms with Crippen molar-refractivity contribution in [3.63, 3.8) is 0 Å². The zero-order chi connectivity index (χ0) is 75.3. The average Bonchev–Trinajstić information content (AvgIpc) is 1.77. The first kappa shape index (κ1) is 79.2. The molecule has 0 aromatic heterocycles. The van der Waals surface area contributed by atoms with E-state index < -0.39 is 121 Å². The third-order valence-electron chi connectivity index (χ3n) is 16.0. The highest BCUT2D eigenvalue weighted by Gasteiger charge is 2.42. The van der Waals surface area contributed by atoms with Crippen LogP contribution in [0.3, 0.4) is 0 Å². The quantitative estimate of drug-likeness (QED) is 0.0292. The molecule has 1 saturated heterocycles. The molecule has 30 heteroatoms. The number of primary amides is 2. The number of hydrogen-bond donors (Lipinski definition) is 5. The fourth-order valence-corrected chi connectivity index (χ4v) is 15.1. The van der Waals surface area contributed by atoms with Crippen molar-refractivity contribution >= 4 is 82.6 Å². The molecule has 0 radical (unpaired) electrons. The van der Waals surface area contributed by atoms with Gasteiger partial charge >= 0.3 is 5.97 Å². The van der Waals surface area contributed by atoms with E-state index in [1.54, 1.807) is 87.5 Å². The lowest BCUT2D eigenvalue weighted by atomic mass is 10.0. The molecule has 7 N–H and O–H groups in total. The summed E-state index contributed by atoms with van der Waals surface area (Å²) in [4.78, 5) is 76.1. The van der Waals surface area contributed by atoms with Gasteiger partial charge in [0.05, 0.1) is 65.2 Å². The van der Waals surface area contributed by atoms with Crippen molar-refractivity contribution in [2.24, 2.45) is 17.4 Å². The molecule has 0 saturated carbocycles. The normalized spacial score (nSPS) is 14.0. The minimum absolute atomic E-state index is 0.0211. The highest BCUT2D eigenvalue weighted by Crippen LogP contribution is 2.38. The molecule has 1 aliphatic rings. The number of ether oxygens (including phenoxy) is 4. The molecular formula is C73H80F2N8O17S3. The summed E-state index contributed by atoms with van der Waals surface area (Å²) in [6.45, 7) is 7.75. The highest BCUT2D eigenvalue weighted by atomic mass is 32.2. The Hall–Kier alpha value is -11.1. The first-order chi connectivity index (χ1) is 48.9. The Morgan fingerprint density at radius 1 is 0.544 bits per heavy atom. The molecule has 5 amide bonds. The fraction of sp³-hybridized carbons (Fsp3) is 0.260. The van der Waals surface area contributed by atoms with Crippen LogP contribution in [-0.2, 0) is 58.8 Å². The molecule has 546 valence electrons. The van der Waals surface area contributed by atoms with E-state index in [1.165, 1.54) is 98.0 Å². The molecule has 25 nitrogen and oxygen atoms in total. The maximum Gasteiger partial charge on any atom is 0.326 e. The molecule has 0 bridgehead atoms. The minimum atomic E-state index is -4.33. The second-order valence-corrected chi connectivity index (χ2v) is 28.9. The number of carboxylic acid groups (broad SMARTS) is 1. The summed E-state index contributed by atoms with van der Waals surface area (Å²) in [5.41, 5.74) is 13.8. The van der Waals surface area contributed by atoms with Crippen LogP contribution < -0.4 is 54.0 Å². The van der Waals surface area contributed by atoms with Gasteiger partial charge in [-0.3, -0.25) is 36.9 Å². The number of carboxylic acids is 1. The van der Waals surface area contributed by atoms with Gasteiger partial charge in [-0.05, 0) is 172 Å². The summed E-state index contributed by atoms with van der Waals surface area (Å²) in [6.07, 6.45) is 0.969. The Kier molecular flexibility index (Phi) is 27.7. The topological polar surface area (TPSA) is 351 Å². The number of amides is 5. The predicted octanol–water partition coefficient (Wildman–Crippen LogP) is 8.83. The number of hydrogen-bond acceptors (Lipinski definition) is 16. The van der Waals surface area contributed by atoms with Crippen LogP contribution in [0.2, 0.25) is 0 Å². The smallest absolute Gasteiger partial charge is 0.326 e. The molecule has 1 heterocycles. The van der Waals surface area contributed by atoms with Crippen molar-refractivity contribution in [3.05, 3.63) is 229 Å². The molecule has 8 aromatic carbocycles. The van der Waals surface area contributed by atoms with Gasteiger partial charge in [0, 0.05) is 6.07 Å². The second kappa shape index (κ2) is 36.0.